The van der Waals surface area contributed by atoms with Crippen molar-refractivity contribution in [2.24, 2.45) is 0 Å². The first-order valence-electron chi connectivity index (χ1n) is 7.00. The fraction of sp³-hybridized carbons (Fsp3) is 0.333. The average Bonchev–Trinajstić information content (AvgIpc) is 2.45. The molecular weight excluding hydrogens is 271 g/mol. The van der Waals surface area contributed by atoms with E-state index in [1.807, 2.05) is 6.07 Å². The lowest BCUT2D eigenvalue weighted by Gasteiger charge is -2.15. The molecule has 0 heterocycles. The van der Waals surface area contributed by atoms with Gasteiger partial charge in [0.1, 0.15) is 5.82 Å². The van der Waals surface area contributed by atoms with Gasteiger partial charge in [0.05, 0.1) is 0 Å². The van der Waals surface area contributed by atoms with Gasteiger partial charge in [0.25, 0.3) is 0 Å². The molecule has 2 rings (SSSR count). The van der Waals surface area contributed by atoms with Gasteiger partial charge in [-0.2, -0.15) is 0 Å². The molecule has 20 heavy (non-hydrogen) atoms. The molecule has 0 nitrogen and oxygen atoms in total. The number of halogens is 2. The Kier molecular flexibility index (Phi) is 5.19. The van der Waals surface area contributed by atoms with Gasteiger partial charge in [-0.05, 0) is 41.2 Å². The molecule has 0 aliphatic carbocycles. The van der Waals surface area contributed by atoms with Gasteiger partial charge < -0.3 is 0 Å². The highest BCUT2D eigenvalue weighted by Gasteiger charge is 2.12. The van der Waals surface area contributed by atoms with E-state index in [1.165, 1.54) is 17.2 Å². The van der Waals surface area contributed by atoms with Crippen LogP contribution in [0.25, 0.3) is 0 Å². The molecule has 0 bridgehead atoms. The molecule has 2 heteroatoms. The molecule has 1 unspecified atom stereocenters. The van der Waals surface area contributed by atoms with Gasteiger partial charge in [-0.3, -0.25) is 0 Å². The zero-order chi connectivity index (χ0) is 14.5. The van der Waals surface area contributed by atoms with Crippen molar-refractivity contribution in [3.8, 4) is 0 Å². The van der Waals surface area contributed by atoms with E-state index in [-0.39, 0.29) is 11.7 Å². The Morgan fingerprint density at radius 3 is 2.25 bits per heavy atom. The number of hydrogen-bond donors (Lipinski definition) is 0. The molecule has 0 aliphatic heterocycles. The monoisotopic (exact) mass is 290 g/mol. The van der Waals surface area contributed by atoms with Crippen LogP contribution < -0.4 is 0 Å². The molecule has 0 aliphatic rings. The van der Waals surface area contributed by atoms with E-state index in [0.29, 0.717) is 11.8 Å². The molecule has 2 aromatic carbocycles. The highest BCUT2D eigenvalue weighted by atomic mass is 35.5. The summed E-state index contributed by atoms with van der Waals surface area (Å²) in [5.41, 5.74) is 3.54. The van der Waals surface area contributed by atoms with E-state index >= 15 is 0 Å². The summed E-state index contributed by atoms with van der Waals surface area (Å²) in [5.74, 6) is 0.983. The van der Waals surface area contributed by atoms with Crippen molar-refractivity contribution >= 4 is 11.6 Å². The maximum Gasteiger partial charge on any atom is 0.123 e. The van der Waals surface area contributed by atoms with Crippen molar-refractivity contribution in [3.63, 3.8) is 0 Å². The van der Waals surface area contributed by atoms with Crippen molar-refractivity contribution in [1.29, 1.82) is 0 Å². The first-order valence-corrected chi connectivity index (χ1v) is 7.54. The number of alkyl halides is 1. The van der Waals surface area contributed by atoms with E-state index in [2.05, 4.69) is 38.1 Å². The van der Waals surface area contributed by atoms with Crippen molar-refractivity contribution < 1.29 is 4.39 Å². The summed E-state index contributed by atoms with van der Waals surface area (Å²) < 4.78 is 13.3. The normalized spacial score (nSPS) is 12.7. The van der Waals surface area contributed by atoms with Crippen LogP contribution >= 0.6 is 11.6 Å². The lowest BCUT2D eigenvalue weighted by atomic mass is 9.92. The minimum atomic E-state index is -0.201. The van der Waals surface area contributed by atoms with E-state index in [9.17, 15) is 4.39 Å². The van der Waals surface area contributed by atoms with Crippen LogP contribution in [0.2, 0.25) is 0 Å². The fourth-order valence-corrected chi connectivity index (χ4v) is 2.63. The summed E-state index contributed by atoms with van der Waals surface area (Å²) in [6, 6.07) is 15.3. The van der Waals surface area contributed by atoms with E-state index in [0.717, 1.165) is 12.0 Å². The Hall–Kier alpha value is -1.34. The maximum absolute atomic E-state index is 13.3. The maximum atomic E-state index is 13.3. The van der Waals surface area contributed by atoms with Gasteiger partial charge in [-0.1, -0.05) is 50.2 Å². The number of rotatable bonds is 5. The van der Waals surface area contributed by atoms with E-state index in [1.54, 1.807) is 12.1 Å². The lowest BCUT2D eigenvalue weighted by Crippen LogP contribution is -2.05. The van der Waals surface area contributed by atoms with Gasteiger partial charge >= 0.3 is 0 Å². The van der Waals surface area contributed by atoms with Crippen LogP contribution in [0.15, 0.2) is 48.5 Å². The average molecular weight is 291 g/mol. The molecule has 0 fully saturated rings. The zero-order valence-electron chi connectivity index (χ0n) is 11.9. The molecule has 0 amide bonds. The van der Waals surface area contributed by atoms with Crippen LogP contribution in [0.5, 0.6) is 0 Å². The van der Waals surface area contributed by atoms with E-state index in [4.69, 9.17) is 11.6 Å². The van der Waals surface area contributed by atoms with Crippen molar-refractivity contribution in [3.05, 3.63) is 71.0 Å². The van der Waals surface area contributed by atoms with Crippen molar-refractivity contribution in [1.82, 2.24) is 0 Å². The molecular formula is C18H20ClF. The topological polar surface area (TPSA) is 0 Å². The third-order valence-electron chi connectivity index (χ3n) is 3.63. The molecule has 0 aromatic heterocycles. The Labute approximate surface area is 125 Å². The smallest absolute Gasteiger partial charge is 0.123 e. The summed E-state index contributed by atoms with van der Waals surface area (Å²) >= 11 is 6.06. The van der Waals surface area contributed by atoms with Crippen LogP contribution in [0.3, 0.4) is 0 Å². The Morgan fingerprint density at radius 2 is 1.70 bits per heavy atom. The lowest BCUT2D eigenvalue weighted by molar-refractivity contribution is 0.621. The molecule has 0 radical (unpaired) electrons. The largest absolute Gasteiger partial charge is 0.207 e. The van der Waals surface area contributed by atoms with Gasteiger partial charge in [0.2, 0.25) is 0 Å². The Bertz CT molecular complexity index is 546. The third kappa shape index (κ3) is 3.83. The Morgan fingerprint density at radius 1 is 1.00 bits per heavy atom. The van der Waals surface area contributed by atoms with Crippen LogP contribution in [0.1, 0.15) is 42.4 Å². The standard InChI is InChI=1S/C18H20ClF/c1-13(2)15-8-6-14(7-9-15)10-17(12-19)16-4-3-5-18(20)11-16/h3-9,11,13,17H,10,12H2,1-2H3. The SMILES string of the molecule is CC(C)c1ccc(CC(CCl)c2cccc(F)c2)cc1. The predicted molar refractivity (Wildman–Crippen MR) is 84.1 cm³/mol. The summed E-state index contributed by atoms with van der Waals surface area (Å²) in [7, 11) is 0. The molecule has 0 spiro atoms. The predicted octanol–water partition coefficient (Wildman–Crippen LogP) is 5.51. The van der Waals surface area contributed by atoms with Gasteiger partial charge in [-0.25, -0.2) is 4.39 Å². The van der Waals surface area contributed by atoms with Crippen molar-refractivity contribution in [2.45, 2.75) is 32.1 Å². The van der Waals surface area contributed by atoms with Gasteiger partial charge in [0.15, 0.2) is 0 Å². The molecule has 1 atom stereocenters. The summed E-state index contributed by atoms with van der Waals surface area (Å²) in [6.45, 7) is 4.37. The zero-order valence-corrected chi connectivity index (χ0v) is 12.7. The molecule has 0 N–H and O–H groups in total. The third-order valence-corrected chi connectivity index (χ3v) is 4.01. The first-order chi connectivity index (χ1) is 9.60. The second-order valence-electron chi connectivity index (χ2n) is 5.51. The molecule has 0 saturated heterocycles. The highest BCUT2D eigenvalue weighted by Crippen LogP contribution is 2.24. The quantitative estimate of drug-likeness (QED) is 0.637. The van der Waals surface area contributed by atoms with E-state index < -0.39 is 0 Å². The molecule has 2 aromatic rings. The second-order valence-corrected chi connectivity index (χ2v) is 5.82. The molecule has 106 valence electrons. The van der Waals surface area contributed by atoms with Gasteiger partial charge in [0, 0.05) is 11.8 Å². The van der Waals surface area contributed by atoms with Crippen LogP contribution in [0.4, 0.5) is 4.39 Å². The summed E-state index contributed by atoms with van der Waals surface area (Å²) in [6.07, 6.45) is 0.839. The Balaban J connectivity index is 2.14. The highest BCUT2D eigenvalue weighted by molar-refractivity contribution is 6.18. The summed E-state index contributed by atoms with van der Waals surface area (Å²) in [4.78, 5) is 0. The van der Waals surface area contributed by atoms with Crippen LogP contribution in [-0.2, 0) is 6.42 Å². The molecule has 0 saturated carbocycles. The first kappa shape index (κ1) is 15.1. The number of benzene rings is 2. The minimum absolute atomic E-state index is 0.150. The van der Waals surface area contributed by atoms with Gasteiger partial charge in [-0.15, -0.1) is 11.6 Å². The minimum Gasteiger partial charge on any atom is -0.207 e. The van der Waals surface area contributed by atoms with Crippen molar-refractivity contribution in [2.75, 3.05) is 5.88 Å². The van der Waals surface area contributed by atoms with Crippen LogP contribution in [-0.4, -0.2) is 5.88 Å². The summed E-state index contributed by atoms with van der Waals surface area (Å²) in [5, 5.41) is 0. The fourth-order valence-electron chi connectivity index (χ4n) is 2.35. The second kappa shape index (κ2) is 6.90. The number of hydrogen-bond acceptors (Lipinski definition) is 0. The van der Waals surface area contributed by atoms with Crippen LogP contribution in [0, 0.1) is 5.82 Å².